The number of rotatable bonds is 8. The number of halogens is 1. The van der Waals surface area contributed by atoms with Crippen molar-refractivity contribution in [3.05, 3.63) is 108 Å². The van der Waals surface area contributed by atoms with E-state index in [2.05, 4.69) is 10.0 Å². The summed E-state index contributed by atoms with van der Waals surface area (Å²) in [7, 11) is -0.935. The molecule has 0 unspecified atom stereocenters. The van der Waals surface area contributed by atoms with Gasteiger partial charge >= 0.3 is 0 Å². The van der Waals surface area contributed by atoms with Gasteiger partial charge in [-0.1, -0.05) is 41.9 Å². The van der Waals surface area contributed by atoms with Crippen LogP contribution in [0, 0.1) is 0 Å². The molecule has 0 atom stereocenters. The van der Waals surface area contributed by atoms with Crippen LogP contribution in [0.2, 0.25) is 5.02 Å². The molecule has 5 rings (SSSR count). The van der Waals surface area contributed by atoms with E-state index in [1.54, 1.807) is 37.4 Å². The lowest BCUT2D eigenvalue weighted by molar-refractivity contribution is 0.102. The van der Waals surface area contributed by atoms with E-state index in [9.17, 15) is 13.2 Å². The molecular weight excluding hydrogens is 550 g/mol. The van der Waals surface area contributed by atoms with Crippen molar-refractivity contribution in [2.24, 2.45) is 0 Å². The number of amides is 1. The van der Waals surface area contributed by atoms with Crippen LogP contribution < -0.4 is 19.5 Å². The van der Waals surface area contributed by atoms with Gasteiger partial charge in [0, 0.05) is 10.9 Å². The summed E-state index contributed by atoms with van der Waals surface area (Å²) in [5.74, 6) is 0.665. The Bertz CT molecular complexity index is 1830. The van der Waals surface area contributed by atoms with E-state index in [4.69, 9.17) is 26.1 Å². The molecule has 1 amide bonds. The number of pyridine rings is 1. The van der Waals surface area contributed by atoms with Crippen molar-refractivity contribution in [3.63, 3.8) is 0 Å². The molecular formula is C30H24ClN3O5S. The van der Waals surface area contributed by atoms with Gasteiger partial charge in [-0.05, 0) is 66.7 Å². The van der Waals surface area contributed by atoms with E-state index >= 15 is 0 Å². The highest BCUT2D eigenvalue weighted by atomic mass is 35.5. The first-order valence-electron chi connectivity index (χ1n) is 12.1. The monoisotopic (exact) mass is 573 g/mol. The Morgan fingerprint density at radius 3 is 2.27 bits per heavy atom. The van der Waals surface area contributed by atoms with E-state index < -0.39 is 15.9 Å². The molecule has 5 aromatic rings. The maximum atomic E-state index is 13.5. The molecule has 1 aromatic heterocycles. The summed E-state index contributed by atoms with van der Waals surface area (Å²) in [6.07, 6.45) is 0. The molecule has 0 aliphatic heterocycles. The number of carbonyl (C=O) groups is 1. The summed E-state index contributed by atoms with van der Waals surface area (Å²) in [4.78, 5) is 18.1. The van der Waals surface area contributed by atoms with Gasteiger partial charge in [-0.25, -0.2) is 13.4 Å². The van der Waals surface area contributed by atoms with Crippen LogP contribution >= 0.6 is 11.6 Å². The molecule has 202 valence electrons. The lowest BCUT2D eigenvalue weighted by Crippen LogP contribution is -2.15. The van der Waals surface area contributed by atoms with E-state index in [0.29, 0.717) is 33.7 Å². The summed E-state index contributed by atoms with van der Waals surface area (Å²) in [6.45, 7) is 0. The molecule has 40 heavy (non-hydrogen) atoms. The predicted octanol–water partition coefficient (Wildman–Crippen LogP) is 6.63. The maximum absolute atomic E-state index is 13.5. The lowest BCUT2D eigenvalue weighted by atomic mass is 10.0. The molecule has 0 saturated heterocycles. The molecule has 0 saturated carbocycles. The van der Waals surface area contributed by atoms with Gasteiger partial charge in [-0.3, -0.25) is 9.52 Å². The minimum atomic E-state index is -3.98. The zero-order chi connectivity index (χ0) is 28.3. The highest BCUT2D eigenvalue weighted by Crippen LogP contribution is 2.31. The molecule has 0 bridgehead atoms. The van der Waals surface area contributed by atoms with Crippen LogP contribution in [0.15, 0.2) is 102 Å². The number of hydrogen-bond donors (Lipinski definition) is 2. The molecule has 8 nitrogen and oxygen atoms in total. The fourth-order valence-corrected chi connectivity index (χ4v) is 5.55. The van der Waals surface area contributed by atoms with Crippen LogP contribution in [0.4, 0.5) is 11.4 Å². The zero-order valence-electron chi connectivity index (χ0n) is 21.5. The first-order chi connectivity index (χ1) is 19.3. The van der Waals surface area contributed by atoms with E-state index in [1.165, 1.54) is 25.3 Å². The van der Waals surface area contributed by atoms with Gasteiger partial charge in [0.05, 0.1) is 52.3 Å². The highest BCUT2D eigenvalue weighted by molar-refractivity contribution is 7.92. The van der Waals surface area contributed by atoms with Gasteiger partial charge in [-0.2, -0.15) is 0 Å². The van der Waals surface area contributed by atoms with E-state index in [-0.39, 0.29) is 21.3 Å². The molecule has 4 aromatic carbocycles. The second-order valence-corrected chi connectivity index (χ2v) is 10.8. The number of para-hydroxylation sites is 3. The summed E-state index contributed by atoms with van der Waals surface area (Å²) in [5.41, 5.74) is 3.01. The number of aromatic nitrogens is 1. The summed E-state index contributed by atoms with van der Waals surface area (Å²) in [6, 6.07) is 27.2. The first-order valence-corrected chi connectivity index (χ1v) is 14.0. The number of fused-ring (bicyclic) bond motifs is 1. The van der Waals surface area contributed by atoms with Gasteiger partial charge in [0.1, 0.15) is 11.5 Å². The van der Waals surface area contributed by atoms with Gasteiger partial charge in [-0.15, -0.1) is 0 Å². The van der Waals surface area contributed by atoms with Gasteiger partial charge in [0.2, 0.25) is 0 Å². The largest absolute Gasteiger partial charge is 0.497 e. The molecule has 0 fully saturated rings. The van der Waals surface area contributed by atoms with Crippen molar-refractivity contribution in [1.82, 2.24) is 4.98 Å². The summed E-state index contributed by atoms with van der Waals surface area (Å²) < 4.78 is 39.0. The van der Waals surface area contributed by atoms with Gasteiger partial charge < -0.3 is 14.8 Å². The molecule has 10 heteroatoms. The Kier molecular flexibility index (Phi) is 7.59. The average Bonchev–Trinajstić information content (AvgIpc) is 2.97. The van der Waals surface area contributed by atoms with E-state index in [0.717, 1.165) is 5.56 Å². The first kappa shape index (κ1) is 27.0. The normalized spacial score (nSPS) is 11.2. The summed E-state index contributed by atoms with van der Waals surface area (Å²) >= 11 is 6.45. The predicted molar refractivity (Wildman–Crippen MR) is 157 cm³/mol. The van der Waals surface area contributed by atoms with E-state index in [1.807, 2.05) is 48.5 Å². The lowest BCUT2D eigenvalue weighted by Gasteiger charge is -2.14. The quantitative estimate of drug-likeness (QED) is 0.216. The number of benzene rings is 4. The topological polar surface area (TPSA) is 107 Å². The van der Waals surface area contributed by atoms with Crippen molar-refractivity contribution in [3.8, 4) is 22.8 Å². The summed E-state index contributed by atoms with van der Waals surface area (Å²) in [5, 5.41) is 3.53. The SMILES string of the molecule is COc1ccc(-c2cc(C(=O)Nc3ccc(S(=O)(=O)Nc4ccccc4OC)cc3Cl)c3ccccc3n2)cc1. The molecule has 0 radical (unpaired) electrons. The third kappa shape index (κ3) is 5.56. The number of anilines is 2. The van der Waals surface area contributed by atoms with Crippen molar-refractivity contribution in [2.45, 2.75) is 4.90 Å². The van der Waals surface area contributed by atoms with Crippen molar-refractivity contribution >= 4 is 49.8 Å². The second-order valence-electron chi connectivity index (χ2n) is 8.70. The standard InChI is InChI=1S/C30H24ClN3O5S/c1-38-20-13-11-19(12-14-20)28-18-23(22-7-3-4-8-25(22)32-28)30(35)33-26-16-15-21(17-24(26)31)40(36,37)34-27-9-5-6-10-29(27)39-2/h3-18,34H,1-2H3,(H,33,35). The molecule has 0 aliphatic carbocycles. The number of ether oxygens (including phenoxy) is 2. The maximum Gasteiger partial charge on any atom is 0.262 e. The number of nitrogens with one attached hydrogen (secondary N) is 2. The highest BCUT2D eigenvalue weighted by Gasteiger charge is 2.20. The van der Waals surface area contributed by atoms with Crippen LogP contribution in [-0.2, 0) is 10.0 Å². The number of hydrogen-bond acceptors (Lipinski definition) is 6. The number of carbonyl (C=O) groups excluding carboxylic acids is 1. The Balaban J connectivity index is 1.44. The number of sulfonamides is 1. The third-order valence-electron chi connectivity index (χ3n) is 6.20. The third-order valence-corrected chi connectivity index (χ3v) is 7.87. The van der Waals surface area contributed by atoms with Crippen LogP contribution in [0.5, 0.6) is 11.5 Å². The van der Waals surface area contributed by atoms with Crippen LogP contribution in [0.1, 0.15) is 10.4 Å². The van der Waals surface area contributed by atoms with Crippen LogP contribution in [0.3, 0.4) is 0 Å². The fraction of sp³-hybridized carbons (Fsp3) is 0.0667. The van der Waals surface area contributed by atoms with Crippen molar-refractivity contribution < 1.29 is 22.7 Å². The Labute approximate surface area is 236 Å². The minimum absolute atomic E-state index is 0.0602. The Morgan fingerprint density at radius 1 is 0.825 bits per heavy atom. The molecule has 1 heterocycles. The van der Waals surface area contributed by atoms with Gasteiger partial charge in [0.15, 0.2) is 0 Å². The molecule has 2 N–H and O–H groups in total. The minimum Gasteiger partial charge on any atom is -0.497 e. The Hall–Kier alpha value is -4.60. The Morgan fingerprint density at radius 2 is 1.55 bits per heavy atom. The smallest absolute Gasteiger partial charge is 0.262 e. The van der Waals surface area contributed by atoms with Crippen LogP contribution in [-0.4, -0.2) is 33.5 Å². The number of methoxy groups -OCH3 is 2. The average molecular weight is 574 g/mol. The molecule has 0 spiro atoms. The fourth-order valence-electron chi connectivity index (χ4n) is 4.16. The van der Waals surface area contributed by atoms with Crippen molar-refractivity contribution in [2.75, 3.05) is 24.3 Å². The van der Waals surface area contributed by atoms with Gasteiger partial charge in [0.25, 0.3) is 15.9 Å². The van der Waals surface area contributed by atoms with Crippen LogP contribution in [0.25, 0.3) is 22.2 Å². The molecule has 0 aliphatic rings. The zero-order valence-corrected chi connectivity index (χ0v) is 23.1. The van der Waals surface area contributed by atoms with Crippen molar-refractivity contribution in [1.29, 1.82) is 0 Å². The second kappa shape index (κ2) is 11.3. The number of nitrogens with zero attached hydrogens (tertiary/aromatic N) is 1.